The van der Waals surface area contributed by atoms with Crippen LogP contribution >= 0.6 is 0 Å². The molecule has 2 aliphatic rings. The number of fused-ring (bicyclic) bond motifs is 1. The fourth-order valence-electron chi connectivity index (χ4n) is 4.42. The van der Waals surface area contributed by atoms with Crippen LogP contribution in [0.3, 0.4) is 0 Å². The second-order valence-electron chi connectivity index (χ2n) is 8.66. The predicted octanol–water partition coefficient (Wildman–Crippen LogP) is 2.83. The average Bonchev–Trinajstić information content (AvgIpc) is 3.39. The minimum atomic E-state index is -0.754. The zero-order valence-electron chi connectivity index (χ0n) is 18.8. The lowest BCUT2D eigenvalue weighted by Crippen LogP contribution is -2.45. The summed E-state index contributed by atoms with van der Waals surface area (Å²) in [6, 6.07) is 6.57. The molecule has 33 heavy (non-hydrogen) atoms. The highest BCUT2D eigenvalue weighted by Crippen LogP contribution is 2.23. The molecule has 0 bridgehead atoms. The lowest BCUT2D eigenvalue weighted by atomic mass is 10.1. The smallest absolute Gasteiger partial charge is 0.260 e. The molecule has 0 aliphatic carbocycles. The summed E-state index contributed by atoms with van der Waals surface area (Å²) < 4.78 is 5.64. The van der Waals surface area contributed by atoms with Gasteiger partial charge in [0.1, 0.15) is 17.4 Å². The van der Waals surface area contributed by atoms with Gasteiger partial charge in [-0.25, -0.2) is 0 Å². The molecule has 3 heterocycles. The number of rotatable bonds is 6. The Kier molecular flexibility index (Phi) is 6.90. The van der Waals surface area contributed by atoms with Gasteiger partial charge in [0.05, 0.1) is 6.54 Å². The number of likely N-dealkylation sites (tertiary alicyclic amines) is 2. The summed E-state index contributed by atoms with van der Waals surface area (Å²) in [4.78, 5) is 44.4. The third-order valence-electron chi connectivity index (χ3n) is 6.06. The molecule has 4 rings (SSSR count). The molecule has 1 aromatic carbocycles. The average molecular weight is 456 g/mol. The lowest BCUT2D eigenvalue weighted by molar-refractivity contribution is -0.463. The number of furan rings is 1. The molecule has 2 aliphatic heterocycles. The minimum absolute atomic E-state index is 0.0391. The van der Waals surface area contributed by atoms with Crippen LogP contribution in [0.2, 0.25) is 0 Å². The summed E-state index contributed by atoms with van der Waals surface area (Å²) in [6.07, 6.45) is 4.01. The van der Waals surface area contributed by atoms with Gasteiger partial charge in [-0.3, -0.25) is 24.7 Å². The van der Waals surface area contributed by atoms with Crippen molar-refractivity contribution in [3.05, 3.63) is 40.1 Å². The van der Waals surface area contributed by atoms with Crippen LogP contribution in [0.25, 0.3) is 11.0 Å². The van der Waals surface area contributed by atoms with E-state index in [9.17, 15) is 19.7 Å². The highest BCUT2D eigenvalue weighted by Gasteiger charge is 2.30. The molecule has 2 fully saturated rings. The summed E-state index contributed by atoms with van der Waals surface area (Å²) in [6.45, 7) is 3.32. The van der Waals surface area contributed by atoms with Crippen LogP contribution in [0.15, 0.2) is 33.7 Å². The van der Waals surface area contributed by atoms with Crippen molar-refractivity contribution in [2.24, 2.45) is 4.99 Å². The molecule has 10 nitrogen and oxygen atoms in total. The molecular weight excluding hydrogens is 426 g/mol. The SMILES string of the molecule is Cc1cc2ccc(NC(C[N+](=O)[O-])=N[C@H]3CCCCN(CC(=O)N4CCCC4)C3=O)cc2o1. The Morgan fingerprint density at radius 1 is 1.21 bits per heavy atom. The summed E-state index contributed by atoms with van der Waals surface area (Å²) in [5, 5.41) is 15.2. The molecule has 2 amide bonds. The molecule has 1 aromatic heterocycles. The number of nitro groups is 1. The number of nitrogens with zero attached hydrogens (tertiary/aromatic N) is 4. The van der Waals surface area contributed by atoms with E-state index in [1.807, 2.05) is 19.1 Å². The van der Waals surface area contributed by atoms with Crippen molar-refractivity contribution in [1.82, 2.24) is 9.80 Å². The number of benzene rings is 1. The van der Waals surface area contributed by atoms with Crippen molar-refractivity contribution in [3.8, 4) is 0 Å². The molecule has 0 saturated carbocycles. The van der Waals surface area contributed by atoms with Crippen molar-refractivity contribution in [1.29, 1.82) is 0 Å². The van der Waals surface area contributed by atoms with Crippen LogP contribution in [0.1, 0.15) is 37.9 Å². The normalized spacial score (nSPS) is 19.7. The van der Waals surface area contributed by atoms with Crippen molar-refractivity contribution in [3.63, 3.8) is 0 Å². The van der Waals surface area contributed by atoms with Gasteiger partial charge in [0.25, 0.3) is 6.54 Å². The van der Waals surface area contributed by atoms with Gasteiger partial charge in [0.15, 0.2) is 5.84 Å². The number of amidine groups is 1. The zero-order chi connectivity index (χ0) is 23.4. The van der Waals surface area contributed by atoms with Gasteiger partial charge in [-0.1, -0.05) is 0 Å². The number of aliphatic imine (C=N–C) groups is 1. The Labute approximate surface area is 191 Å². The first-order valence-electron chi connectivity index (χ1n) is 11.4. The van der Waals surface area contributed by atoms with Crippen molar-refractivity contribution >= 4 is 34.3 Å². The number of carbonyl (C=O) groups is 2. The summed E-state index contributed by atoms with van der Waals surface area (Å²) in [5.41, 5.74) is 1.26. The minimum Gasteiger partial charge on any atom is -0.461 e. The largest absolute Gasteiger partial charge is 0.461 e. The second-order valence-corrected chi connectivity index (χ2v) is 8.66. The topological polar surface area (TPSA) is 121 Å². The van der Waals surface area contributed by atoms with Gasteiger partial charge >= 0.3 is 0 Å². The molecule has 1 atom stereocenters. The highest BCUT2D eigenvalue weighted by atomic mass is 16.6. The van der Waals surface area contributed by atoms with E-state index in [-0.39, 0.29) is 24.2 Å². The molecular formula is C23H29N5O5. The van der Waals surface area contributed by atoms with E-state index in [2.05, 4.69) is 10.3 Å². The third kappa shape index (κ3) is 5.68. The lowest BCUT2D eigenvalue weighted by Gasteiger charge is -2.25. The highest BCUT2D eigenvalue weighted by molar-refractivity contribution is 5.99. The van der Waals surface area contributed by atoms with Gasteiger partial charge in [-0.05, 0) is 57.2 Å². The van der Waals surface area contributed by atoms with Crippen molar-refractivity contribution in [2.45, 2.75) is 45.1 Å². The second kappa shape index (κ2) is 10.0. The molecule has 0 radical (unpaired) electrons. The fraction of sp³-hybridized carbons (Fsp3) is 0.522. The molecule has 2 aromatic rings. The van der Waals surface area contributed by atoms with E-state index in [1.54, 1.807) is 21.9 Å². The van der Waals surface area contributed by atoms with Crippen LogP contribution in [0, 0.1) is 17.0 Å². The van der Waals surface area contributed by atoms with E-state index >= 15 is 0 Å². The van der Waals surface area contributed by atoms with Gasteiger partial charge < -0.3 is 19.5 Å². The molecule has 0 unspecified atom stereocenters. The van der Waals surface area contributed by atoms with E-state index in [1.165, 1.54) is 0 Å². The maximum absolute atomic E-state index is 13.2. The Hall–Kier alpha value is -3.43. The Balaban J connectivity index is 1.52. The first-order valence-corrected chi connectivity index (χ1v) is 11.4. The number of hydrogen-bond donors (Lipinski definition) is 1. The summed E-state index contributed by atoms with van der Waals surface area (Å²) >= 11 is 0. The van der Waals surface area contributed by atoms with E-state index in [0.29, 0.717) is 24.2 Å². The van der Waals surface area contributed by atoms with E-state index < -0.39 is 17.5 Å². The monoisotopic (exact) mass is 455 g/mol. The quantitative estimate of drug-likeness (QED) is 0.309. The fourth-order valence-corrected chi connectivity index (χ4v) is 4.42. The molecule has 1 N–H and O–H groups in total. The maximum atomic E-state index is 13.2. The Bertz CT molecular complexity index is 1070. The summed E-state index contributed by atoms with van der Waals surface area (Å²) in [7, 11) is 0. The van der Waals surface area contributed by atoms with Crippen LogP contribution in [0.4, 0.5) is 5.69 Å². The number of aryl methyl sites for hydroxylation is 1. The van der Waals surface area contributed by atoms with Crippen molar-refractivity contribution in [2.75, 3.05) is 38.0 Å². The van der Waals surface area contributed by atoms with Gasteiger partial charge in [-0.2, -0.15) is 0 Å². The first kappa shape index (κ1) is 22.8. The van der Waals surface area contributed by atoms with Gasteiger partial charge in [0.2, 0.25) is 11.8 Å². The molecule has 2 saturated heterocycles. The number of hydrogen-bond acceptors (Lipinski definition) is 6. The van der Waals surface area contributed by atoms with E-state index in [0.717, 1.165) is 49.9 Å². The van der Waals surface area contributed by atoms with Crippen molar-refractivity contribution < 1.29 is 18.9 Å². The van der Waals surface area contributed by atoms with Crippen LogP contribution in [0.5, 0.6) is 0 Å². The number of nitrogens with one attached hydrogen (secondary N) is 1. The predicted molar refractivity (Wildman–Crippen MR) is 124 cm³/mol. The Morgan fingerprint density at radius 3 is 2.73 bits per heavy atom. The standard InChI is InChI=1S/C23H29N5O5/c1-16-12-17-7-8-18(13-20(17)33-16)24-21(14-28(31)32)25-19-6-2-3-11-27(23(19)30)15-22(29)26-9-4-5-10-26/h7-8,12-13,19H,2-6,9-11,14-15H2,1H3,(H,24,25)/t19-/m0/s1. The third-order valence-corrected chi connectivity index (χ3v) is 6.06. The van der Waals surface area contributed by atoms with Crippen LogP contribution < -0.4 is 5.32 Å². The number of carbonyl (C=O) groups excluding carboxylic acids is 2. The van der Waals surface area contributed by atoms with Gasteiger partial charge in [-0.15, -0.1) is 0 Å². The molecule has 176 valence electrons. The van der Waals surface area contributed by atoms with E-state index in [4.69, 9.17) is 4.42 Å². The maximum Gasteiger partial charge on any atom is 0.260 e. The summed E-state index contributed by atoms with van der Waals surface area (Å²) in [5.74, 6) is 0.582. The Morgan fingerprint density at radius 2 is 1.97 bits per heavy atom. The molecule has 0 spiro atoms. The van der Waals surface area contributed by atoms with Crippen LogP contribution in [-0.4, -0.2) is 71.1 Å². The van der Waals surface area contributed by atoms with Gasteiger partial charge in [0, 0.05) is 41.7 Å². The zero-order valence-corrected chi connectivity index (χ0v) is 18.8. The van der Waals surface area contributed by atoms with Crippen LogP contribution in [-0.2, 0) is 9.59 Å². The first-order chi connectivity index (χ1) is 15.9. The number of amides is 2. The number of anilines is 1. The molecule has 10 heteroatoms.